The summed E-state index contributed by atoms with van der Waals surface area (Å²) in [4.78, 5) is 11.6. The van der Waals surface area contributed by atoms with Crippen LogP contribution in [0.25, 0.3) is 0 Å². The Labute approximate surface area is 95.4 Å². The molecule has 0 aromatic heterocycles. The zero-order valence-corrected chi connectivity index (χ0v) is 9.96. The molecule has 0 atom stereocenters. The van der Waals surface area contributed by atoms with Crippen LogP contribution in [0, 0.1) is 0 Å². The molecule has 0 aliphatic carbocycles. The summed E-state index contributed by atoms with van der Waals surface area (Å²) in [5, 5.41) is 0. The first-order valence-electron chi connectivity index (χ1n) is 4.95. The monoisotopic (exact) mass is 241 g/mol. The van der Waals surface area contributed by atoms with Gasteiger partial charge < -0.3 is 5.73 Å². The molecular formula is C11H15NO3S. The van der Waals surface area contributed by atoms with E-state index in [0.717, 1.165) is 6.26 Å². The molecule has 0 unspecified atom stereocenters. The third-order valence-corrected chi connectivity index (χ3v) is 3.16. The van der Waals surface area contributed by atoms with Crippen LogP contribution in [0.1, 0.15) is 23.2 Å². The number of hydrogen-bond donors (Lipinski definition) is 1. The van der Waals surface area contributed by atoms with Gasteiger partial charge in [-0.3, -0.25) is 4.79 Å². The fraction of sp³-hybridized carbons (Fsp3) is 0.364. The van der Waals surface area contributed by atoms with Gasteiger partial charge in [-0.1, -0.05) is 12.1 Å². The molecule has 0 saturated carbocycles. The highest BCUT2D eigenvalue weighted by Gasteiger charge is 2.08. The van der Waals surface area contributed by atoms with Crippen molar-refractivity contribution >= 4 is 21.3 Å². The zero-order valence-electron chi connectivity index (χ0n) is 9.14. The number of sulfone groups is 1. The second kappa shape index (κ2) is 5.12. The standard InChI is InChI=1S/C11H15NO3S/c1-16(14,15)7-3-6-11(13)9-4-2-5-10(12)8-9/h2,4-5,8H,3,6-7,12H2,1H3. The predicted molar refractivity (Wildman–Crippen MR) is 64.1 cm³/mol. The molecule has 0 aliphatic heterocycles. The number of anilines is 1. The Morgan fingerprint density at radius 2 is 2.06 bits per heavy atom. The van der Waals surface area contributed by atoms with E-state index in [4.69, 9.17) is 5.73 Å². The van der Waals surface area contributed by atoms with Gasteiger partial charge in [0.2, 0.25) is 0 Å². The van der Waals surface area contributed by atoms with Crippen molar-refractivity contribution in [3.05, 3.63) is 29.8 Å². The largest absolute Gasteiger partial charge is 0.399 e. The van der Waals surface area contributed by atoms with Crippen LogP contribution in [0.5, 0.6) is 0 Å². The van der Waals surface area contributed by atoms with Gasteiger partial charge in [-0.15, -0.1) is 0 Å². The number of rotatable bonds is 5. The minimum atomic E-state index is -2.99. The Hall–Kier alpha value is -1.36. The molecule has 5 heteroatoms. The van der Waals surface area contributed by atoms with Crippen LogP contribution in [-0.4, -0.2) is 26.2 Å². The molecule has 0 aliphatic rings. The van der Waals surface area contributed by atoms with E-state index in [2.05, 4.69) is 0 Å². The number of ketones is 1. The minimum Gasteiger partial charge on any atom is -0.399 e. The maximum absolute atomic E-state index is 11.6. The maximum atomic E-state index is 11.6. The summed E-state index contributed by atoms with van der Waals surface area (Å²) >= 11 is 0. The van der Waals surface area contributed by atoms with Crippen LogP contribution >= 0.6 is 0 Å². The summed E-state index contributed by atoms with van der Waals surface area (Å²) in [6.07, 6.45) is 1.75. The Morgan fingerprint density at radius 1 is 1.38 bits per heavy atom. The van der Waals surface area contributed by atoms with Crippen LogP contribution in [0.2, 0.25) is 0 Å². The van der Waals surface area contributed by atoms with Crippen LogP contribution in [-0.2, 0) is 9.84 Å². The fourth-order valence-electron chi connectivity index (χ4n) is 1.35. The molecule has 0 radical (unpaired) electrons. The van der Waals surface area contributed by atoms with E-state index in [1.807, 2.05) is 0 Å². The molecule has 0 amide bonds. The number of benzene rings is 1. The first-order valence-corrected chi connectivity index (χ1v) is 7.01. The molecule has 2 N–H and O–H groups in total. The first kappa shape index (κ1) is 12.7. The highest BCUT2D eigenvalue weighted by atomic mass is 32.2. The molecule has 0 fully saturated rings. The van der Waals surface area contributed by atoms with Crippen molar-refractivity contribution in [1.29, 1.82) is 0 Å². The summed E-state index contributed by atoms with van der Waals surface area (Å²) in [6.45, 7) is 0. The van der Waals surface area contributed by atoms with Gasteiger partial charge in [-0.2, -0.15) is 0 Å². The lowest BCUT2D eigenvalue weighted by Gasteiger charge is -2.01. The lowest BCUT2D eigenvalue weighted by atomic mass is 10.1. The summed E-state index contributed by atoms with van der Waals surface area (Å²) in [6, 6.07) is 6.69. The van der Waals surface area contributed by atoms with Crippen molar-refractivity contribution in [2.75, 3.05) is 17.7 Å². The van der Waals surface area contributed by atoms with Gasteiger partial charge in [0, 0.05) is 23.9 Å². The molecule has 0 heterocycles. The average Bonchev–Trinajstić information content (AvgIpc) is 2.15. The summed E-state index contributed by atoms with van der Waals surface area (Å²) in [5.74, 6) is -0.0305. The Kier molecular flexibility index (Phi) is 4.06. The van der Waals surface area contributed by atoms with Crippen LogP contribution < -0.4 is 5.73 Å². The molecule has 4 nitrogen and oxygen atoms in total. The van der Waals surface area contributed by atoms with Crippen molar-refractivity contribution in [2.45, 2.75) is 12.8 Å². The SMILES string of the molecule is CS(=O)(=O)CCCC(=O)c1cccc(N)c1. The normalized spacial score (nSPS) is 11.3. The van der Waals surface area contributed by atoms with Gasteiger partial charge in [-0.05, 0) is 18.6 Å². The number of Topliss-reactive ketones (excluding diaryl/α,β-unsaturated/α-hetero) is 1. The van der Waals surface area contributed by atoms with E-state index in [1.165, 1.54) is 0 Å². The Morgan fingerprint density at radius 3 is 2.62 bits per heavy atom. The van der Waals surface area contributed by atoms with Gasteiger partial charge in [0.05, 0.1) is 5.75 Å². The molecule has 0 bridgehead atoms. The first-order chi connectivity index (χ1) is 7.38. The smallest absolute Gasteiger partial charge is 0.162 e. The molecule has 1 rings (SSSR count). The average molecular weight is 241 g/mol. The van der Waals surface area contributed by atoms with Gasteiger partial charge in [0.1, 0.15) is 9.84 Å². The number of hydrogen-bond acceptors (Lipinski definition) is 4. The van der Waals surface area contributed by atoms with Gasteiger partial charge in [0.25, 0.3) is 0 Å². The maximum Gasteiger partial charge on any atom is 0.162 e. The third kappa shape index (κ3) is 4.44. The predicted octanol–water partition coefficient (Wildman–Crippen LogP) is 1.28. The second-order valence-corrected chi connectivity index (χ2v) is 6.04. The number of nitrogens with two attached hydrogens (primary N) is 1. The molecule has 16 heavy (non-hydrogen) atoms. The van der Waals surface area contributed by atoms with E-state index >= 15 is 0 Å². The summed E-state index contributed by atoms with van der Waals surface area (Å²) < 4.78 is 21.7. The molecule has 0 saturated heterocycles. The van der Waals surface area contributed by atoms with Gasteiger partial charge >= 0.3 is 0 Å². The fourth-order valence-corrected chi connectivity index (χ4v) is 2.02. The lowest BCUT2D eigenvalue weighted by molar-refractivity contribution is 0.0982. The van der Waals surface area contributed by atoms with Crippen molar-refractivity contribution in [3.63, 3.8) is 0 Å². The van der Waals surface area contributed by atoms with Crippen molar-refractivity contribution in [1.82, 2.24) is 0 Å². The topological polar surface area (TPSA) is 77.2 Å². The Balaban J connectivity index is 2.54. The van der Waals surface area contributed by atoms with Crippen LogP contribution in [0.4, 0.5) is 5.69 Å². The second-order valence-electron chi connectivity index (χ2n) is 3.78. The van der Waals surface area contributed by atoms with Crippen molar-refractivity contribution < 1.29 is 13.2 Å². The minimum absolute atomic E-state index is 0.0427. The molecule has 1 aromatic rings. The summed E-state index contributed by atoms with van der Waals surface area (Å²) in [7, 11) is -2.99. The molecule has 1 aromatic carbocycles. The zero-order chi connectivity index (χ0) is 12.2. The van der Waals surface area contributed by atoms with Crippen molar-refractivity contribution in [2.24, 2.45) is 0 Å². The number of carbonyl (C=O) groups is 1. The van der Waals surface area contributed by atoms with E-state index in [0.29, 0.717) is 17.7 Å². The highest BCUT2D eigenvalue weighted by Crippen LogP contribution is 2.10. The van der Waals surface area contributed by atoms with Crippen molar-refractivity contribution in [3.8, 4) is 0 Å². The number of carbonyl (C=O) groups excluding carboxylic acids is 1. The lowest BCUT2D eigenvalue weighted by Crippen LogP contribution is -2.06. The molecular weight excluding hydrogens is 226 g/mol. The van der Waals surface area contributed by atoms with E-state index < -0.39 is 9.84 Å². The highest BCUT2D eigenvalue weighted by molar-refractivity contribution is 7.90. The van der Waals surface area contributed by atoms with E-state index in [-0.39, 0.29) is 18.0 Å². The van der Waals surface area contributed by atoms with Gasteiger partial charge in [-0.25, -0.2) is 8.42 Å². The molecule has 0 spiro atoms. The van der Waals surface area contributed by atoms with Crippen LogP contribution in [0.3, 0.4) is 0 Å². The van der Waals surface area contributed by atoms with E-state index in [9.17, 15) is 13.2 Å². The quantitative estimate of drug-likeness (QED) is 0.622. The van der Waals surface area contributed by atoms with E-state index in [1.54, 1.807) is 24.3 Å². The van der Waals surface area contributed by atoms with Gasteiger partial charge in [0.15, 0.2) is 5.78 Å². The third-order valence-electron chi connectivity index (χ3n) is 2.13. The molecule has 88 valence electrons. The number of nitrogen functional groups attached to an aromatic ring is 1. The van der Waals surface area contributed by atoms with Crippen LogP contribution in [0.15, 0.2) is 24.3 Å². The summed E-state index contributed by atoms with van der Waals surface area (Å²) in [5.41, 5.74) is 6.62. The Bertz CT molecular complexity index is 480.